The number of sulfone groups is 1. The molecule has 42 heavy (non-hydrogen) atoms. The van der Waals surface area contributed by atoms with E-state index in [9.17, 15) is 31.2 Å². The Hall–Kier alpha value is -3.38. The largest absolute Gasteiger partial charge is 0.395 e. The van der Waals surface area contributed by atoms with E-state index in [-0.39, 0.29) is 23.5 Å². The first-order chi connectivity index (χ1) is 19.7. The van der Waals surface area contributed by atoms with E-state index in [1.54, 1.807) is 26.0 Å². The maximum absolute atomic E-state index is 13.3. The number of fused-ring (bicyclic) bond motifs is 1. The van der Waals surface area contributed by atoms with E-state index in [1.807, 2.05) is 0 Å². The minimum absolute atomic E-state index is 0.0962. The molecule has 1 aliphatic heterocycles. The van der Waals surface area contributed by atoms with E-state index in [1.165, 1.54) is 18.2 Å². The monoisotopic (exact) mass is 606 g/mol. The van der Waals surface area contributed by atoms with E-state index in [0.29, 0.717) is 40.3 Å². The number of likely N-dealkylation sites (N-methyl/N-ethyl adjacent to an activating group) is 1. The number of alkyl halides is 3. The molecule has 3 aliphatic rings. The van der Waals surface area contributed by atoms with E-state index in [2.05, 4.69) is 34.4 Å². The Bertz CT molecular complexity index is 1510. The summed E-state index contributed by atoms with van der Waals surface area (Å²) in [6.45, 7) is 10.7. The molecule has 2 unspecified atom stereocenters. The van der Waals surface area contributed by atoms with Gasteiger partial charge >= 0.3 is 6.18 Å². The van der Waals surface area contributed by atoms with Gasteiger partial charge in [-0.3, -0.25) is 9.59 Å². The van der Waals surface area contributed by atoms with Crippen LogP contribution in [0.2, 0.25) is 0 Å². The fraction of sp³-hybridized carbons (Fsp3) is 0.467. The van der Waals surface area contributed by atoms with Crippen LogP contribution < -0.4 is 10.6 Å². The fourth-order valence-corrected chi connectivity index (χ4v) is 7.23. The van der Waals surface area contributed by atoms with Crippen molar-refractivity contribution in [2.24, 2.45) is 5.92 Å². The van der Waals surface area contributed by atoms with Crippen LogP contribution in [0.4, 0.5) is 13.2 Å². The number of aryl methyl sites for hydroxylation is 1. The number of hydrogen-bond acceptors (Lipinski definition) is 5. The lowest BCUT2D eigenvalue weighted by atomic mass is 9.95. The second-order valence-corrected chi connectivity index (χ2v) is 13.0. The van der Waals surface area contributed by atoms with Gasteiger partial charge in [0.15, 0.2) is 9.84 Å². The minimum Gasteiger partial charge on any atom is -0.358 e. The van der Waals surface area contributed by atoms with Gasteiger partial charge in [0.1, 0.15) is 0 Å². The Morgan fingerprint density at radius 3 is 2.60 bits per heavy atom. The maximum Gasteiger partial charge on any atom is 0.395 e. The summed E-state index contributed by atoms with van der Waals surface area (Å²) in [6.07, 6.45) is 3.71. The molecule has 4 rings (SSSR count). The summed E-state index contributed by atoms with van der Waals surface area (Å²) in [7, 11) is -3.87. The molecule has 2 heterocycles. The van der Waals surface area contributed by atoms with Crippen LogP contribution in [0.15, 0.2) is 52.8 Å². The number of carbonyl (C=O) groups excluding carboxylic acids is 2. The summed E-state index contributed by atoms with van der Waals surface area (Å²) < 4.78 is 66.2. The first kappa shape index (κ1) is 31.6. The molecule has 0 radical (unpaired) electrons. The van der Waals surface area contributed by atoms with Crippen molar-refractivity contribution in [1.82, 2.24) is 20.5 Å². The summed E-state index contributed by atoms with van der Waals surface area (Å²) in [5.41, 5.74) is 3.69. The summed E-state index contributed by atoms with van der Waals surface area (Å²) in [4.78, 5) is 31.3. The Labute approximate surface area is 244 Å². The highest BCUT2D eigenvalue weighted by molar-refractivity contribution is 7.92. The van der Waals surface area contributed by atoms with E-state index < -0.39 is 45.3 Å². The topological polar surface area (TPSA) is 111 Å². The van der Waals surface area contributed by atoms with Gasteiger partial charge in [-0.15, -0.1) is 0 Å². The zero-order chi connectivity index (χ0) is 30.8. The molecule has 1 aromatic heterocycles. The number of aromatic nitrogens is 1. The molecular weight excluding hydrogens is 569 g/mol. The van der Waals surface area contributed by atoms with Crippen LogP contribution in [-0.4, -0.2) is 73.5 Å². The predicted octanol–water partition coefficient (Wildman–Crippen LogP) is 4.28. The van der Waals surface area contributed by atoms with Crippen LogP contribution >= 0.6 is 0 Å². The van der Waals surface area contributed by atoms with Crippen molar-refractivity contribution >= 4 is 27.7 Å². The molecule has 1 aromatic rings. The van der Waals surface area contributed by atoms with Crippen LogP contribution in [0.5, 0.6) is 0 Å². The van der Waals surface area contributed by atoms with Crippen LogP contribution in [0.1, 0.15) is 54.0 Å². The summed E-state index contributed by atoms with van der Waals surface area (Å²) in [5, 5.41) is 4.71. The normalized spacial score (nSPS) is 21.7. The number of nitrogens with one attached hydrogen (secondary N) is 3. The first-order valence-electron chi connectivity index (χ1n) is 14.0. The second-order valence-electron chi connectivity index (χ2n) is 10.8. The SMILES string of the molecule is CCN(CC)CCNC(=O)c1c(C)[nH]c(C=C2C(=O)NC3=CCC(S(=O)(=O)CC4=CC=CC(C(F)(F)F)C4)C=C32)c1C. The Morgan fingerprint density at radius 1 is 1.21 bits per heavy atom. The Balaban J connectivity index is 1.54. The third-order valence-corrected chi connectivity index (χ3v) is 10.0. The van der Waals surface area contributed by atoms with Crippen LogP contribution in [0.25, 0.3) is 6.08 Å². The van der Waals surface area contributed by atoms with Gasteiger partial charge in [-0.1, -0.05) is 49.8 Å². The van der Waals surface area contributed by atoms with Gasteiger partial charge in [-0.2, -0.15) is 13.2 Å². The smallest absolute Gasteiger partial charge is 0.358 e. The number of aromatic amines is 1. The molecule has 1 saturated heterocycles. The number of rotatable bonds is 10. The van der Waals surface area contributed by atoms with Crippen molar-refractivity contribution in [3.8, 4) is 0 Å². The third kappa shape index (κ3) is 6.81. The van der Waals surface area contributed by atoms with Gasteiger partial charge in [0.25, 0.3) is 11.8 Å². The minimum atomic E-state index is -4.44. The van der Waals surface area contributed by atoms with Crippen molar-refractivity contribution in [1.29, 1.82) is 0 Å². The Morgan fingerprint density at radius 2 is 1.93 bits per heavy atom. The number of nitrogens with zero attached hydrogens (tertiary/aromatic N) is 1. The van der Waals surface area contributed by atoms with Crippen molar-refractivity contribution in [2.45, 2.75) is 52.0 Å². The zero-order valence-electron chi connectivity index (χ0n) is 24.2. The average molecular weight is 607 g/mol. The summed E-state index contributed by atoms with van der Waals surface area (Å²) in [6, 6.07) is 0. The molecule has 2 atom stereocenters. The highest BCUT2D eigenvalue weighted by Gasteiger charge is 2.40. The predicted molar refractivity (Wildman–Crippen MR) is 156 cm³/mol. The molecule has 228 valence electrons. The number of allylic oxidation sites excluding steroid dienone is 5. The number of amides is 2. The van der Waals surface area contributed by atoms with Crippen LogP contribution in [0.3, 0.4) is 0 Å². The number of halogens is 3. The van der Waals surface area contributed by atoms with Gasteiger partial charge in [-0.05, 0) is 51.4 Å². The quantitative estimate of drug-likeness (QED) is 0.345. The fourth-order valence-electron chi connectivity index (χ4n) is 5.55. The van der Waals surface area contributed by atoms with E-state index >= 15 is 0 Å². The second kappa shape index (κ2) is 12.5. The molecule has 0 spiro atoms. The van der Waals surface area contributed by atoms with Crippen LogP contribution in [-0.2, 0) is 14.6 Å². The average Bonchev–Trinajstić information content (AvgIpc) is 3.39. The van der Waals surface area contributed by atoms with Crippen molar-refractivity contribution in [2.75, 3.05) is 31.9 Å². The number of hydrogen-bond donors (Lipinski definition) is 3. The van der Waals surface area contributed by atoms with Gasteiger partial charge in [0, 0.05) is 35.7 Å². The molecule has 12 heteroatoms. The molecule has 3 N–H and O–H groups in total. The van der Waals surface area contributed by atoms with Crippen molar-refractivity contribution in [3.63, 3.8) is 0 Å². The van der Waals surface area contributed by atoms with Crippen molar-refractivity contribution in [3.05, 3.63) is 75.3 Å². The summed E-state index contributed by atoms with van der Waals surface area (Å²) >= 11 is 0. The first-order valence-corrected chi connectivity index (χ1v) is 15.8. The molecule has 1 fully saturated rings. The van der Waals surface area contributed by atoms with Gasteiger partial charge in [0.2, 0.25) is 0 Å². The van der Waals surface area contributed by atoms with Crippen LogP contribution in [0, 0.1) is 19.8 Å². The third-order valence-electron chi connectivity index (χ3n) is 8.01. The zero-order valence-corrected chi connectivity index (χ0v) is 25.0. The molecule has 8 nitrogen and oxygen atoms in total. The summed E-state index contributed by atoms with van der Waals surface area (Å²) in [5.74, 6) is -2.84. The van der Waals surface area contributed by atoms with E-state index in [0.717, 1.165) is 25.7 Å². The molecule has 0 aromatic carbocycles. The standard InChI is InChI=1S/C30H37F3N4O4S/c1-5-37(6-2)13-12-34-29(39)27-18(3)26(35-19(27)4)16-24-23-15-22(10-11-25(23)36-28(24)38)42(40,41)17-20-8-7-9-21(14-20)30(31,32)33/h7-9,11,15-16,21-22,35H,5-6,10,12-14,17H2,1-4H3,(H,34,39)(H,36,38). The highest BCUT2D eigenvalue weighted by Crippen LogP contribution is 2.37. The highest BCUT2D eigenvalue weighted by atomic mass is 32.2. The lowest BCUT2D eigenvalue weighted by Crippen LogP contribution is -2.35. The number of H-pyrrole nitrogens is 1. The lowest BCUT2D eigenvalue weighted by Gasteiger charge is -2.23. The molecule has 2 aliphatic carbocycles. The van der Waals surface area contributed by atoms with E-state index in [4.69, 9.17) is 0 Å². The molecule has 0 saturated carbocycles. The Kier molecular flexibility index (Phi) is 9.36. The van der Waals surface area contributed by atoms with Gasteiger partial charge in [0.05, 0.1) is 28.1 Å². The molecule has 2 amide bonds. The van der Waals surface area contributed by atoms with Gasteiger partial charge in [-0.25, -0.2) is 8.42 Å². The molecule has 0 bridgehead atoms. The number of carbonyl (C=O) groups is 2. The van der Waals surface area contributed by atoms with Gasteiger partial charge < -0.3 is 20.5 Å². The maximum atomic E-state index is 13.3. The lowest BCUT2D eigenvalue weighted by molar-refractivity contribution is -0.160. The molecular formula is C30H37F3N4O4S. The van der Waals surface area contributed by atoms with Crippen molar-refractivity contribution < 1.29 is 31.2 Å².